The fraction of sp³-hybridized carbons (Fsp3) is 0.647. The van der Waals surface area contributed by atoms with E-state index in [9.17, 15) is 4.39 Å². The Bertz CT molecular complexity index is 485. The Kier molecular flexibility index (Phi) is 4.18. The molecule has 2 unspecified atom stereocenters. The van der Waals surface area contributed by atoms with Gasteiger partial charge in [-0.2, -0.15) is 0 Å². The van der Waals surface area contributed by atoms with Gasteiger partial charge in [0.1, 0.15) is 5.82 Å². The Balaban J connectivity index is 1.66. The number of para-hydroxylation sites is 1. The lowest BCUT2D eigenvalue weighted by Gasteiger charge is -2.46. The molecule has 3 nitrogen and oxygen atoms in total. The Hall–Kier alpha value is -1.13. The number of benzene rings is 1. The molecule has 0 spiro atoms. The molecule has 0 radical (unpaired) electrons. The van der Waals surface area contributed by atoms with E-state index in [1.165, 1.54) is 19.3 Å². The van der Waals surface area contributed by atoms with Crippen molar-refractivity contribution in [2.24, 2.45) is 11.7 Å². The van der Waals surface area contributed by atoms with Gasteiger partial charge in [0, 0.05) is 38.3 Å². The maximum Gasteiger partial charge on any atom is 0.146 e. The Morgan fingerprint density at radius 3 is 2.52 bits per heavy atom. The summed E-state index contributed by atoms with van der Waals surface area (Å²) >= 11 is 0. The first-order chi connectivity index (χ1) is 10.1. The maximum atomic E-state index is 13.9. The van der Waals surface area contributed by atoms with Crippen LogP contribution in [0.4, 0.5) is 10.1 Å². The van der Waals surface area contributed by atoms with Crippen LogP contribution < -0.4 is 10.6 Å². The smallest absolute Gasteiger partial charge is 0.146 e. The lowest BCUT2D eigenvalue weighted by atomic mass is 9.93. The average molecular weight is 291 g/mol. The van der Waals surface area contributed by atoms with Crippen LogP contribution in [0.25, 0.3) is 0 Å². The van der Waals surface area contributed by atoms with Crippen molar-refractivity contribution in [3.05, 3.63) is 30.1 Å². The van der Waals surface area contributed by atoms with Crippen LogP contribution in [0.1, 0.15) is 26.2 Å². The van der Waals surface area contributed by atoms with Gasteiger partial charge in [0.2, 0.25) is 0 Å². The van der Waals surface area contributed by atoms with E-state index in [4.69, 9.17) is 5.73 Å². The van der Waals surface area contributed by atoms with Gasteiger partial charge in [0.25, 0.3) is 0 Å². The first kappa shape index (κ1) is 14.8. The van der Waals surface area contributed by atoms with Crippen LogP contribution in [0.2, 0.25) is 0 Å². The van der Waals surface area contributed by atoms with E-state index in [1.807, 2.05) is 12.1 Å². The summed E-state index contributed by atoms with van der Waals surface area (Å²) in [6.07, 6.45) is 3.71. The van der Waals surface area contributed by atoms with Gasteiger partial charge < -0.3 is 10.6 Å². The van der Waals surface area contributed by atoms with Crippen molar-refractivity contribution in [3.8, 4) is 0 Å². The Labute approximate surface area is 126 Å². The molecule has 21 heavy (non-hydrogen) atoms. The van der Waals surface area contributed by atoms with Crippen molar-refractivity contribution in [2.45, 2.75) is 31.7 Å². The second-order valence-electron chi connectivity index (χ2n) is 6.70. The molecule has 2 atom stereocenters. The molecule has 2 fully saturated rings. The normalized spacial score (nSPS) is 30.8. The number of nitrogens with zero attached hydrogens (tertiary/aromatic N) is 2. The van der Waals surface area contributed by atoms with Crippen LogP contribution in [-0.4, -0.2) is 43.2 Å². The Morgan fingerprint density at radius 2 is 1.95 bits per heavy atom. The molecule has 1 saturated carbocycles. The van der Waals surface area contributed by atoms with E-state index in [0.29, 0.717) is 0 Å². The molecule has 1 aromatic rings. The van der Waals surface area contributed by atoms with E-state index < -0.39 is 0 Å². The monoisotopic (exact) mass is 291 g/mol. The fourth-order valence-electron chi connectivity index (χ4n) is 4.10. The molecular weight excluding hydrogens is 265 g/mol. The molecule has 0 bridgehead atoms. The summed E-state index contributed by atoms with van der Waals surface area (Å²) in [5.41, 5.74) is 7.05. The standard InChI is InChI=1S/C17H26FN3/c1-14-6-7-17(12-14,13-19)21-10-8-20(9-11-21)16-5-3-2-4-15(16)18/h2-5,14H,6-13,19H2,1H3. The molecule has 1 aromatic carbocycles. The quantitative estimate of drug-likeness (QED) is 0.928. The molecule has 116 valence electrons. The minimum Gasteiger partial charge on any atom is -0.367 e. The summed E-state index contributed by atoms with van der Waals surface area (Å²) in [5, 5.41) is 0. The number of rotatable bonds is 3. The molecule has 1 heterocycles. The molecule has 3 rings (SSSR count). The minimum absolute atomic E-state index is 0.117. The number of piperazine rings is 1. The summed E-state index contributed by atoms with van der Waals surface area (Å²) in [6.45, 7) is 6.81. The zero-order valence-corrected chi connectivity index (χ0v) is 12.9. The lowest BCUT2D eigenvalue weighted by Crippen LogP contribution is -2.59. The van der Waals surface area contributed by atoms with Gasteiger partial charge in [-0.15, -0.1) is 0 Å². The molecule has 0 amide bonds. The third kappa shape index (κ3) is 2.79. The van der Waals surface area contributed by atoms with Crippen LogP contribution in [0, 0.1) is 11.7 Å². The topological polar surface area (TPSA) is 32.5 Å². The average Bonchev–Trinajstić information content (AvgIpc) is 2.91. The molecule has 2 aliphatic rings. The van der Waals surface area contributed by atoms with Crippen LogP contribution in [-0.2, 0) is 0 Å². The number of hydrogen-bond donors (Lipinski definition) is 1. The van der Waals surface area contributed by atoms with Crippen molar-refractivity contribution in [3.63, 3.8) is 0 Å². The summed E-state index contributed by atoms with van der Waals surface area (Å²) in [4.78, 5) is 4.72. The minimum atomic E-state index is -0.117. The maximum absolute atomic E-state index is 13.9. The van der Waals surface area contributed by atoms with Gasteiger partial charge in [-0.25, -0.2) is 4.39 Å². The fourth-order valence-corrected chi connectivity index (χ4v) is 4.10. The van der Waals surface area contributed by atoms with Crippen molar-refractivity contribution in [2.75, 3.05) is 37.6 Å². The van der Waals surface area contributed by atoms with Crippen LogP contribution in [0.5, 0.6) is 0 Å². The van der Waals surface area contributed by atoms with Crippen LogP contribution in [0.15, 0.2) is 24.3 Å². The largest absolute Gasteiger partial charge is 0.367 e. The van der Waals surface area contributed by atoms with Gasteiger partial charge >= 0.3 is 0 Å². The highest BCUT2D eigenvalue weighted by Crippen LogP contribution is 2.39. The molecular formula is C17H26FN3. The van der Waals surface area contributed by atoms with Crippen LogP contribution in [0.3, 0.4) is 0 Å². The van der Waals surface area contributed by atoms with Gasteiger partial charge in [-0.05, 0) is 37.3 Å². The van der Waals surface area contributed by atoms with Crippen molar-refractivity contribution in [1.82, 2.24) is 4.90 Å². The second-order valence-corrected chi connectivity index (χ2v) is 6.70. The predicted octanol–water partition coefficient (Wildman–Crippen LogP) is 2.47. The summed E-state index contributed by atoms with van der Waals surface area (Å²) < 4.78 is 13.9. The zero-order valence-electron chi connectivity index (χ0n) is 12.9. The highest BCUT2D eigenvalue weighted by atomic mass is 19.1. The van der Waals surface area contributed by atoms with Gasteiger partial charge in [-0.3, -0.25) is 4.90 Å². The summed E-state index contributed by atoms with van der Waals surface area (Å²) in [5.74, 6) is 0.659. The van der Waals surface area contributed by atoms with E-state index in [1.54, 1.807) is 12.1 Å². The van der Waals surface area contributed by atoms with E-state index in [-0.39, 0.29) is 11.4 Å². The highest BCUT2D eigenvalue weighted by molar-refractivity contribution is 5.48. The lowest BCUT2D eigenvalue weighted by molar-refractivity contribution is 0.0887. The predicted molar refractivity (Wildman–Crippen MR) is 85.0 cm³/mol. The van der Waals surface area contributed by atoms with Crippen molar-refractivity contribution >= 4 is 5.69 Å². The Morgan fingerprint density at radius 1 is 1.24 bits per heavy atom. The van der Waals surface area contributed by atoms with Crippen LogP contribution >= 0.6 is 0 Å². The first-order valence-corrected chi connectivity index (χ1v) is 8.09. The van der Waals surface area contributed by atoms with Crippen molar-refractivity contribution in [1.29, 1.82) is 0 Å². The highest BCUT2D eigenvalue weighted by Gasteiger charge is 2.42. The third-order valence-electron chi connectivity index (χ3n) is 5.35. The second kappa shape index (κ2) is 5.93. The molecule has 0 aromatic heterocycles. The zero-order chi connectivity index (χ0) is 14.9. The number of hydrogen-bond acceptors (Lipinski definition) is 3. The number of nitrogens with two attached hydrogens (primary N) is 1. The molecule has 1 aliphatic heterocycles. The number of anilines is 1. The molecule has 4 heteroatoms. The first-order valence-electron chi connectivity index (χ1n) is 8.09. The van der Waals surface area contributed by atoms with E-state index >= 15 is 0 Å². The van der Waals surface area contributed by atoms with Gasteiger partial charge in [-0.1, -0.05) is 19.1 Å². The summed E-state index contributed by atoms with van der Waals surface area (Å²) in [7, 11) is 0. The van der Waals surface area contributed by atoms with Gasteiger partial charge in [0.15, 0.2) is 0 Å². The van der Waals surface area contributed by atoms with E-state index in [2.05, 4.69) is 16.7 Å². The van der Waals surface area contributed by atoms with Gasteiger partial charge in [0.05, 0.1) is 5.69 Å². The SMILES string of the molecule is CC1CCC(CN)(N2CCN(c3ccccc3F)CC2)C1. The number of halogens is 1. The van der Waals surface area contributed by atoms with Crippen molar-refractivity contribution < 1.29 is 4.39 Å². The molecule has 1 aliphatic carbocycles. The summed E-state index contributed by atoms with van der Waals surface area (Å²) in [6, 6.07) is 7.08. The third-order valence-corrected chi connectivity index (χ3v) is 5.35. The van der Waals surface area contributed by atoms with E-state index in [0.717, 1.165) is 44.3 Å². The molecule has 2 N–H and O–H groups in total. The molecule has 1 saturated heterocycles.